The van der Waals surface area contributed by atoms with Gasteiger partial charge in [-0.3, -0.25) is 0 Å². The van der Waals surface area contributed by atoms with Crippen LogP contribution in [0.1, 0.15) is 11.1 Å². The van der Waals surface area contributed by atoms with Crippen LogP contribution in [0.25, 0.3) is 5.76 Å². The van der Waals surface area contributed by atoms with Gasteiger partial charge in [0, 0.05) is 0 Å². The molecule has 1 nitrogen and oxygen atoms in total. The number of hydrogen-bond donors (Lipinski definition) is 0. The van der Waals surface area contributed by atoms with Gasteiger partial charge in [-0.15, -0.1) is 0 Å². The van der Waals surface area contributed by atoms with Crippen molar-refractivity contribution < 1.29 is 22.3 Å². The highest BCUT2D eigenvalue weighted by atomic mass is 19.4. The number of benzene rings is 1. The molecule has 0 saturated carbocycles. The van der Waals surface area contributed by atoms with Crippen molar-refractivity contribution in [2.75, 3.05) is 7.11 Å². The molecule has 0 unspecified atom stereocenters. The van der Waals surface area contributed by atoms with E-state index >= 15 is 0 Å². The average Bonchev–Trinajstić information content (AvgIpc) is 2.15. The lowest BCUT2D eigenvalue weighted by Gasteiger charge is -2.09. The highest BCUT2D eigenvalue weighted by Crippen LogP contribution is 2.31. The van der Waals surface area contributed by atoms with E-state index in [2.05, 4.69) is 11.3 Å². The Morgan fingerprint density at radius 1 is 1.33 bits per heavy atom. The Morgan fingerprint density at radius 2 is 1.93 bits per heavy atom. The molecule has 0 amide bonds. The first-order chi connectivity index (χ1) is 6.86. The second-order valence-electron chi connectivity index (χ2n) is 2.82. The van der Waals surface area contributed by atoms with Gasteiger partial charge in [0.15, 0.2) is 0 Å². The van der Waals surface area contributed by atoms with E-state index in [4.69, 9.17) is 0 Å². The fourth-order valence-electron chi connectivity index (χ4n) is 1.03. The first kappa shape index (κ1) is 11.6. The first-order valence-electron chi connectivity index (χ1n) is 3.96. The minimum Gasteiger partial charge on any atom is -0.497 e. The lowest BCUT2D eigenvalue weighted by Crippen LogP contribution is -2.06. The standard InChI is InChI=1S/C10H8F4O/c1-6(15-2)8-4-3-7(5-9(8)11)10(12,13)14/h3-5H,1H2,2H3. The molecule has 1 aromatic rings. The third-order valence-corrected chi connectivity index (χ3v) is 1.84. The smallest absolute Gasteiger partial charge is 0.416 e. The molecule has 0 aliphatic carbocycles. The monoisotopic (exact) mass is 220 g/mol. The molecular weight excluding hydrogens is 212 g/mol. The normalized spacial score (nSPS) is 11.3. The molecule has 0 aliphatic rings. The zero-order valence-electron chi connectivity index (χ0n) is 7.86. The number of methoxy groups -OCH3 is 1. The molecule has 0 aliphatic heterocycles. The molecular formula is C10H8F4O. The van der Waals surface area contributed by atoms with Crippen LogP contribution < -0.4 is 0 Å². The largest absolute Gasteiger partial charge is 0.497 e. The Bertz CT molecular complexity index is 381. The summed E-state index contributed by atoms with van der Waals surface area (Å²) >= 11 is 0. The van der Waals surface area contributed by atoms with Gasteiger partial charge in [-0.1, -0.05) is 6.58 Å². The van der Waals surface area contributed by atoms with Gasteiger partial charge in [0.2, 0.25) is 0 Å². The fourth-order valence-corrected chi connectivity index (χ4v) is 1.03. The van der Waals surface area contributed by atoms with E-state index in [0.717, 1.165) is 12.1 Å². The minimum atomic E-state index is -4.55. The van der Waals surface area contributed by atoms with E-state index in [1.807, 2.05) is 0 Å². The Hall–Kier alpha value is -1.52. The number of alkyl halides is 3. The summed E-state index contributed by atoms with van der Waals surface area (Å²) in [6, 6.07) is 2.19. The number of hydrogen-bond acceptors (Lipinski definition) is 1. The quantitative estimate of drug-likeness (QED) is 0.547. The van der Waals surface area contributed by atoms with Crippen LogP contribution in [-0.2, 0) is 10.9 Å². The summed E-state index contributed by atoms with van der Waals surface area (Å²) in [7, 11) is 1.26. The molecule has 15 heavy (non-hydrogen) atoms. The summed E-state index contributed by atoms with van der Waals surface area (Å²) in [6.45, 7) is 3.35. The molecule has 0 aromatic heterocycles. The van der Waals surface area contributed by atoms with Gasteiger partial charge in [0.1, 0.15) is 11.6 Å². The SMILES string of the molecule is C=C(OC)c1ccc(C(F)(F)F)cc1F. The first-order valence-corrected chi connectivity index (χ1v) is 3.96. The van der Waals surface area contributed by atoms with E-state index in [-0.39, 0.29) is 11.3 Å². The minimum absolute atomic E-state index is 0.0128. The van der Waals surface area contributed by atoms with Crippen LogP contribution in [0.5, 0.6) is 0 Å². The van der Waals surface area contributed by atoms with Gasteiger partial charge >= 0.3 is 6.18 Å². The third kappa shape index (κ3) is 2.49. The van der Waals surface area contributed by atoms with Crippen molar-refractivity contribution in [1.29, 1.82) is 0 Å². The fraction of sp³-hybridized carbons (Fsp3) is 0.200. The van der Waals surface area contributed by atoms with Gasteiger partial charge in [0.05, 0.1) is 18.2 Å². The molecule has 1 aromatic carbocycles. The molecule has 0 fully saturated rings. The van der Waals surface area contributed by atoms with Crippen molar-refractivity contribution in [1.82, 2.24) is 0 Å². The van der Waals surface area contributed by atoms with Crippen LogP contribution in [0.4, 0.5) is 17.6 Å². The van der Waals surface area contributed by atoms with Crippen molar-refractivity contribution in [2.24, 2.45) is 0 Å². The van der Waals surface area contributed by atoms with E-state index < -0.39 is 17.6 Å². The van der Waals surface area contributed by atoms with Crippen molar-refractivity contribution in [3.63, 3.8) is 0 Å². The van der Waals surface area contributed by atoms with Crippen LogP contribution >= 0.6 is 0 Å². The Kier molecular flexibility index (Phi) is 3.02. The summed E-state index contributed by atoms with van der Waals surface area (Å²) in [5, 5.41) is 0. The van der Waals surface area contributed by atoms with Crippen molar-refractivity contribution >= 4 is 5.76 Å². The average molecular weight is 220 g/mol. The second-order valence-corrected chi connectivity index (χ2v) is 2.82. The van der Waals surface area contributed by atoms with E-state index in [1.165, 1.54) is 7.11 Å². The van der Waals surface area contributed by atoms with E-state index in [0.29, 0.717) is 6.07 Å². The summed E-state index contributed by atoms with van der Waals surface area (Å²) in [5.74, 6) is -1.02. The Balaban J connectivity index is 3.15. The van der Waals surface area contributed by atoms with Gasteiger partial charge in [-0.2, -0.15) is 13.2 Å². The predicted molar refractivity (Wildman–Crippen MR) is 47.4 cm³/mol. The summed E-state index contributed by atoms with van der Waals surface area (Å²) in [5.41, 5.74) is -1.11. The summed E-state index contributed by atoms with van der Waals surface area (Å²) in [4.78, 5) is 0. The van der Waals surface area contributed by atoms with Crippen LogP contribution in [0.2, 0.25) is 0 Å². The zero-order valence-corrected chi connectivity index (χ0v) is 7.86. The lowest BCUT2D eigenvalue weighted by atomic mass is 10.1. The predicted octanol–water partition coefficient (Wildman–Crippen LogP) is 3.46. The summed E-state index contributed by atoms with van der Waals surface area (Å²) < 4.78 is 54.3. The molecule has 0 bridgehead atoms. The maximum Gasteiger partial charge on any atom is 0.416 e. The van der Waals surface area contributed by atoms with Gasteiger partial charge < -0.3 is 4.74 Å². The topological polar surface area (TPSA) is 9.23 Å². The van der Waals surface area contributed by atoms with E-state index in [1.54, 1.807) is 0 Å². The Morgan fingerprint density at radius 3 is 2.33 bits per heavy atom. The van der Waals surface area contributed by atoms with Crippen LogP contribution in [0.3, 0.4) is 0 Å². The van der Waals surface area contributed by atoms with Gasteiger partial charge in [-0.25, -0.2) is 4.39 Å². The van der Waals surface area contributed by atoms with Crippen LogP contribution in [0, 0.1) is 5.82 Å². The van der Waals surface area contributed by atoms with Crippen LogP contribution in [-0.4, -0.2) is 7.11 Å². The molecule has 1 rings (SSSR count). The molecule has 5 heteroatoms. The van der Waals surface area contributed by atoms with Crippen molar-refractivity contribution in [2.45, 2.75) is 6.18 Å². The van der Waals surface area contributed by atoms with Crippen LogP contribution in [0.15, 0.2) is 24.8 Å². The maximum atomic E-state index is 13.2. The van der Waals surface area contributed by atoms with Gasteiger partial charge in [0.25, 0.3) is 0 Å². The maximum absolute atomic E-state index is 13.2. The number of ether oxygens (including phenoxy) is 1. The summed E-state index contributed by atoms with van der Waals surface area (Å²) in [6.07, 6.45) is -4.55. The highest BCUT2D eigenvalue weighted by Gasteiger charge is 2.31. The molecule has 0 spiro atoms. The molecule has 0 saturated heterocycles. The Labute approximate surface area is 84.0 Å². The van der Waals surface area contributed by atoms with E-state index in [9.17, 15) is 17.6 Å². The second kappa shape index (κ2) is 3.92. The van der Waals surface area contributed by atoms with Crippen molar-refractivity contribution in [3.05, 3.63) is 41.7 Å². The molecule has 0 radical (unpaired) electrons. The highest BCUT2D eigenvalue weighted by molar-refractivity contribution is 5.58. The van der Waals surface area contributed by atoms with Gasteiger partial charge in [-0.05, 0) is 18.2 Å². The number of halogens is 4. The van der Waals surface area contributed by atoms with Crippen molar-refractivity contribution in [3.8, 4) is 0 Å². The zero-order chi connectivity index (χ0) is 11.6. The molecule has 0 heterocycles. The third-order valence-electron chi connectivity index (χ3n) is 1.84. The number of rotatable bonds is 2. The molecule has 0 N–H and O–H groups in total. The molecule has 82 valence electrons. The molecule has 0 atom stereocenters. The lowest BCUT2D eigenvalue weighted by molar-refractivity contribution is -0.137.